The van der Waals surface area contributed by atoms with Gasteiger partial charge in [0.2, 0.25) is 5.89 Å². The van der Waals surface area contributed by atoms with E-state index in [0.29, 0.717) is 11.6 Å². The molecule has 0 aliphatic rings. The van der Waals surface area contributed by atoms with E-state index in [0.717, 1.165) is 11.1 Å². The summed E-state index contributed by atoms with van der Waals surface area (Å²) in [4.78, 5) is 16.0. The van der Waals surface area contributed by atoms with Crippen LogP contribution in [0.3, 0.4) is 0 Å². The molecule has 3 aromatic rings. The van der Waals surface area contributed by atoms with Crippen LogP contribution in [0.1, 0.15) is 11.3 Å². The third-order valence-electron chi connectivity index (χ3n) is 3.15. The van der Waals surface area contributed by atoms with Crippen molar-refractivity contribution in [1.29, 1.82) is 0 Å². The molecular weight excluding hydrogens is 290 g/mol. The standard InChI is InChI=1S/C19H15NO3/c21-18(12-11-15-7-3-1-4-8-15)22-13-17-14-23-19(20-17)16-9-5-2-6-10-16/h1-12,14H,13H2/b12-11+. The number of carbonyl (C=O) groups excluding carboxylic acids is 1. The van der Waals surface area contributed by atoms with Gasteiger partial charge in [-0.15, -0.1) is 0 Å². The first-order chi connectivity index (χ1) is 11.3. The summed E-state index contributed by atoms with van der Waals surface area (Å²) in [5, 5.41) is 0. The fourth-order valence-electron chi connectivity index (χ4n) is 2.01. The van der Waals surface area contributed by atoms with Crippen LogP contribution >= 0.6 is 0 Å². The predicted molar refractivity (Wildman–Crippen MR) is 87.2 cm³/mol. The van der Waals surface area contributed by atoms with Gasteiger partial charge >= 0.3 is 5.97 Å². The summed E-state index contributed by atoms with van der Waals surface area (Å²) in [5.41, 5.74) is 2.40. The minimum Gasteiger partial charge on any atom is -0.456 e. The number of carbonyl (C=O) groups is 1. The number of oxazole rings is 1. The molecule has 0 N–H and O–H groups in total. The summed E-state index contributed by atoms with van der Waals surface area (Å²) in [6, 6.07) is 19.1. The summed E-state index contributed by atoms with van der Waals surface area (Å²) in [6.45, 7) is 0.0777. The topological polar surface area (TPSA) is 52.3 Å². The number of aromatic nitrogens is 1. The van der Waals surface area contributed by atoms with Gasteiger partial charge in [-0.2, -0.15) is 0 Å². The molecule has 114 valence electrons. The zero-order chi connectivity index (χ0) is 15.9. The lowest BCUT2D eigenvalue weighted by Crippen LogP contribution is -2.00. The van der Waals surface area contributed by atoms with Crippen molar-refractivity contribution in [2.75, 3.05) is 0 Å². The van der Waals surface area contributed by atoms with Crippen LogP contribution in [0.25, 0.3) is 17.5 Å². The average Bonchev–Trinajstić information content (AvgIpc) is 3.09. The quantitative estimate of drug-likeness (QED) is 0.526. The van der Waals surface area contributed by atoms with E-state index >= 15 is 0 Å². The molecule has 23 heavy (non-hydrogen) atoms. The van der Waals surface area contributed by atoms with E-state index in [-0.39, 0.29) is 6.61 Å². The molecule has 1 aromatic heterocycles. The number of esters is 1. The first-order valence-electron chi connectivity index (χ1n) is 7.21. The molecule has 0 aliphatic heterocycles. The van der Waals surface area contributed by atoms with Crippen LogP contribution in [0.15, 0.2) is 77.4 Å². The Labute approximate surface area is 134 Å². The van der Waals surface area contributed by atoms with E-state index in [1.54, 1.807) is 6.08 Å². The first kappa shape index (κ1) is 14.8. The molecule has 1 heterocycles. The second-order valence-corrected chi connectivity index (χ2v) is 4.86. The van der Waals surface area contributed by atoms with Crippen molar-refractivity contribution in [1.82, 2.24) is 4.98 Å². The Morgan fingerprint density at radius 3 is 2.48 bits per heavy atom. The predicted octanol–water partition coefficient (Wildman–Crippen LogP) is 4.10. The Morgan fingerprint density at radius 1 is 1.04 bits per heavy atom. The van der Waals surface area contributed by atoms with Crippen molar-refractivity contribution in [3.63, 3.8) is 0 Å². The molecule has 0 fully saturated rings. The van der Waals surface area contributed by atoms with Crippen LogP contribution in [-0.2, 0) is 16.1 Å². The van der Waals surface area contributed by atoms with Crippen molar-refractivity contribution in [3.8, 4) is 11.5 Å². The van der Waals surface area contributed by atoms with Gasteiger partial charge < -0.3 is 9.15 Å². The van der Waals surface area contributed by atoms with Gasteiger partial charge in [0.1, 0.15) is 18.6 Å². The fraction of sp³-hybridized carbons (Fsp3) is 0.0526. The molecule has 4 heteroatoms. The smallest absolute Gasteiger partial charge is 0.331 e. The number of hydrogen-bond acceptors (Lipinski definition) is 4. The molecule has 0 aliphatic carbocycles. The largest absolute Gasteiger partial charge is 0.456 e. The number of benzene rings is 2. The molecule has 3 rings (SSSR count). The number of ether oxygens (including phenoxy) is 1. The molecule has 0 saturated heterocycles. The Kier molecular flexibility index (Phi) is 4.64. The van der Waals surface area contributed by atoms with Crippen LogP contribution < -0.4 is 0 Å². The lowest BCUT2D eigenvalue weighted by Gasteiger charge is -1.98. The lowest BCUT2D eigenvalue weighted by atomic mass is 10.2. The molecular formula is C19H15NO3. The summed E-state index contributed by atoms with van der Waals surface area (Å²) in [7, 11) is 0. The molecule has 0 amide bonds. The van der Waals surface area contributed by atoms with Crippen LogP contribution in [0.5, 0.6) is 0 Å². The second kappa shape index (κ2) is 7.22. The van der Waals surface area contributed by atoms with Gasteiger partial charge in [0, 0.05) is 11.6 Å². The molecule has 0 unspecified atom stereocenters. The average molecular weight is 305 g/mol. The maximum atomic E-state index is 11.7. The van der Waals surface area contributed by atoms with Gasteiger partial charge in [-0.1, -0.05) is 48.5 Å². The minimum atomic E-state index is -0.418. The number of hydrogen-bond donors (Lipinski definition) is 0. The first-order valence-corrected chi connectivity index (χ1v) is 7.21. The van der Waals surface area contributed by atoms with E-state index in [9.17, 15) is 4.79 Å². The van der Waals surface area contributed by atoms with Gasteiger partial charge in [-0.3, -0.25) is 0 Å². The Balaban J connectivity index is 1.55. The van der Waals surface area contributed by atoms with Gasteiger partial charge in [0.25, 0.3) is 0 Å². The van der Waals surface area contributed by atoms with Crippen molar-refractivity contribution in [2.24, 2.45) is 0 Å². The Hall–Kier alpha value is -3.14. The van der Waals surface area contributed by atoms with Crippen LogP contribution in [0.2, 0.25) is 0 Å². The molecule has 2 aromatic carbocycles. The Bertz CT molecular complexity index is 792. The van der Waals surface area contributed by atoms with Gasteiger partial charge in [0.15, 0.2) is 0 Å². The highest BCUT2D eigenvalue weighted by Crippen LogP contribution is 2.18. The van der Waals surface area contributed by atoms with Crippen LogP contribution in [-0.4, -0.2) is 11.0 Å². The van der Waals surface area contributed by atoms with E-state index in [1.807, 2.05) is 60.7 Å². The maximum absolute atomic E-state index is 11.7. The minimum absolute atomic E-state index is 0.0777. The molecule has 0 saturated carbocycles. The van der Waals surface area contributed by atoms with E-state index in [4.69, 9.17) is 9.15 Å². The molecule has 0 bridgehead atoms. The van der Waals surface area contributed by atoms with E-state index in [2.05, 4.69) is 4.98 Å². The van der Waals surface area contributed by atoms with Gasteiger partial charge in [0.05, 0.1) is 0 Å². The zero-order valence-electron chi connectivity index (χ0n) is 12.4. The molecule has 0 radical (unpaired) electrons. The lowest BCUT2D eigenvalue weighted by molar-refractivity contribution is -0.139. The monoisotopic (exact) mass is 305 g/mol. The highest BCUT2D eigenvalue weighted by molar-refractivity contribution is 5.86. The number of nitrogens with zero attached hydrogens (tertiary/aromatic N) is 1. The normalized spacial score (nSPS) is 10.8. The summed E-state index contributed by atoms with van der Waals surface area (Å²) in [6.07, 6.45) is 4.60. The molecule has 4 nitrogen and oxygen atoms in total. The zero-order valence-corrected chi connectivity index (χ0v) is 12.4. The van der Waals surface area contributed by atoms with Crippen LogP contribution in [0, 0.1) is 0 Å². The summed E-state index contributed by atoms with van der Waals surface area (Å²) >= 11 is 0. The Morgan fingerprint density at radius 2 is 1.74 bits per heavy atom. The van der Waals surface area contributed by atoms with Crippen molar-refractivity contribution in [2.45, 2.75) is 6.61 Å². The van der Waals surface area contributed by atoms with E-state index in [1.165, 1.54) is 12.3 Å². The summed E-state index contributed by atoms with van der Waals surface area (Å²) in [5.74, 6) is 0.0922. The van der Waals surface area contributed by atoms with E-state index < -0.39 is 5.97 Å². The second-order valence-electron chi connectivity index (χ2n) is 4.86. The van der Waals surface area contributed by atoms with Crippen molar-refractivity contribution >= 4 is 12.0 Å². The third kappa shape index (κ3) is 4.17. The third-order valence-corrected chi connectivity index (χ3v) is 3.15. The van der Waals surface area contributed by atoms with Gasteiger partial charge in [-0.25, -0.2) is 9.78 Å². The molecule has 0 atom stereocenters. The highest BCUT2D eigenvalue weighted by atomic mass is 16.5. The van der Waals surface area contributed by atoms with Crippen molar-refractivity contribution < 1.29 is 13.9 Å². The number of rotatable bonds is 5. The summed E-state index contributed by atoms with van der Waals surface area (Å²) < 4.78 is 10.5. The molecule has 0 spiro atoms. The van der Waals surface area contributed by atoms with Crippen LogP contribution in [0.4, 0.5) is 0 Å². The van der Waals surface area contributed by atoms with Gasteiger partial charge in [-0.05, 0) is 23.8 Å². The van der Waals surface area contributed by atoms with Crippen molar-refractivity contribution in [3.05, 3.63) is 84.3 Å². The maximum Gasteiger partial charge on any atom is 0.331 e. The SMILES string of the molecule is O=C(/C=C/c1ccccc1)OCc1coc(-c2ccccc2)n1. The highest BCUT2D eigenvalue weighted by Gasteiger charge is 2.07. The fourth-order valence-corrected chi connectivity index (χ4v) is 2.01.